The summed E-state index contributed by atoms with van der Waals surface area (Å²) in [6, 6.07) is 0. The quantitative estimate of drug-likeness (QED) is 0.564. The number of hydrogen-bond acceptors (Lipinski definition) is 4. The lowest BCUT2D eigenvalue weighted by atomic mass is 10.3. The van der Waals surface area contributed by atoms with Crippen LogP contribution >= 0.6 is 0 Å². The molecule has 0 bridgehead atoms. The monoisotopic (exact) mass is 186 g/mol. The highest BCUT2D eigenvalue weighted by atomic mass is 16.4. The van der Waals surface area contributed by atoms with Gasteiger partial charge < -0.3 is 9.90 Å². The summed E-state index contributed by atoms with van der Waals surface area (Å²) in [5, 5.41) is 8.52. The van der Waals surface area contributed by atoms with Gasteiger partial charge in [0.15, 0.2) is 0 Å². The van der Waals surface area contributed by atoms with Crippen LogP contribution < -0.4 is 0 Å². The number of piperazine rings is 1. The maximum Gasteiger partial charge on any atom is 0.317 e. The van der Waals surface area contributed by atoms with E-state index >= 15 is 0 Å². The molecule has 0 amide bonds. The molecule has 1 heterocycles. The summed E-state index contributed by atoms with van der Waals surface area (Å²) < 4.78 is 0. The molecule has 1 N–H and O–H groups in total. The average Bonchev–Trinajstić information content (AvgIpc) is 2.08. The van der Waals surface area contributed by atoms with Crippen molar-refractivity contribution in [2.24, 2.45) is 0 Å². The van der Waals surface area contributed by atoms with Crippen molar-refractivity contribution < 1.29 is 14.7 Å². The van der Waals surface area contributed by atoms with E-state index < -0.39 is 5.97 Å². The Morgan fingerprint density at radius 3 is 2.23 bits per heavy atom. The van der Waals surface area contributed by atoms with Gasteiger partial charge in [0.1, 0.15) is 6.29 Å². The molecule has 1 rings (SSSR count). The second-order valence-corrected chi connectivity index (χ2v) is 3.14. The highest BCUT2D eigenvalue weighted by Gasteiger charge is 2.17. The highest BCUT2D eigenvalue weighted by molar-refractivity contribution is 5.69. The van der Waals surface area contributed by atoms with Crippen LogP contribution in [0.25, 0.3) is 0 Å². The van der Waals surface area contributed by atoms with Gasteiger partial charge in [-0.2, -0.15) is 0 Å². The normalized spacial score (nSPS) is 20.0. The van der Waals surface area contributed by atoms with Gasteiger partial charge in [0.2, 0.25) is 0 Å². The number of carbonyl (C=O) groups is 2. The molecule has 0 atom stereocenters. The van der Waals surface area contributed by atoms with Crippen molar-refractivity contribution in [3.05, 3.63) is 0 Å². The van der Waals surface area contributed by atoms with E-state index in [1.807, 2.05) is 9.80 Å². The van der Waals surface area contributed by atoms with Gasteiger partial charge >= 0.3 is 5.97 Å². The minimum atomic E-state index is -0.788. The van der Waals surface area contributed by atoms with Crippen molar-refractivity contribution >= 4 is 12.3 Å². The largest absolute Gasteiger partial charge is 0.480 e. The van der Waals surface area contributed by atoms with Gasteiger partial charge in [-0.1, -0.05) is 0 Å². The third-order valence-corrected chi connectivity index (χ3v) is 2.16. The molecule has 1 saturated heterocycles. The maximum absolute atomic E-state index is 10.4. The van der Waals surface area contributed by atoms with Crippen LogP contribution in [0.15, 0.2) is 0 Å². The molecule has 1 fully saturated rings. The van der Waals surface area contributed by atoms with E-state index in [9.17, 15) is 9.59 Å². The Balaban J connectivity index is 2.22. The van der Waals surface area contributed by atoms with Gasteiger partial charge in [0, 0.05) is 26.2 Å². The molecule has 1 aliphatic rings. The average molecular weight is 186 g/mol. The molecule has 13 heavy (non-hydrogen) atoms. The number of carboxylic acid groups (broad SMARTS) is 1. The van der Waals surface area contributed by atoms with E-state index in [1.165, 1.54) is 0 Å². The fourth-order valence-electron chi connectivity index (χ4n) is 1.43. The Morgan fingerprint density at radius 2 is 1.77 bits per heavy atom. The number of aldehydes is 1. The van der Waals surface area contributed by atoms with Crippen LogP contribution in [0.2, 0.25) is 0 Å². The molecule has 5 heteroatoms. The molecule has 0 aromatic rings. The molecular formula is C8H14N2O3. The molecule has 5 nitrogen and oxygen atoms in total. The summed E-state index contributed by atoms with van der Waals surface area (Å²) in [7, 11) is 0. The Kier molecular flexibility index (Phi) is 3.85. The van der Waals surface area contributed by atoms with Crippen LogP contribution in [-0.4, -0.2) is 66.4 Å². The van der Waals surface area contributed by atoms with Crippen LogP contribution in [0.4, 0.5) is 0 Å². The third-order valence-electron chi connectivity index (χ3n) is 2.16. The van der Waals surface area contributed by atoms with E-state index in [1.54, 1.807) is 0 Å². The zero-order valence-corrected chi connectivity index (χ0v) is 7.48. The lowest BCUT2D eigenvalue weighted by Gasteiger charge is -2.32. The van der Waals surface area contributed by atoms with E-state index in [-0.39, 0.29) is 6.54 Å². The minimum Gasteiger partial charge on any atom is -0.480 e. The van der Waals surface area contributed by atoms with E-state index in [4.69, 9.17) is 5.11 Å². The number of carbonyl (C=O) groups excluding carboxylic acids is 1. The van der Waals surface area contributed by atoms with E-state index in [2.05, 4.69) is 0 Å². The Morgan fingerprint density at radius 1 is 1.23 bits per heavy atom. The van der Waals surface area contributed by atoms with Crippen molar-refractivity contribution in [3.63, 3.8) is 0 Å². The highest BCUT2D eigenvalue weighted by Crippen LogP contribution is 1.99. The topological polar surface area (TPSA) is 60.9 Å². The van der Waals surface area contributed by atoms with Gasteiger partial charge in [0.05, 0.1) is 13.1 Å². The first-order valence-electron chi connectivity index (χ1n) is 4.32. The van der Waals surface area contributed by atoms with Gasteiger partial charge in [-0.3, -0.25) is 14.6 Å². The maximum atomic E-state index is 10.4. The number of carboxylic acids is 1. The first-order valence-corrected chi connectivity index (χ1v) is 4.32. The summed E-state index contributed by atoms with van der Waals surface area (Å²) in [4.78, 5) is 24.4. The standard InChI is InChI=1S/C8H14N2O3/c11-6-5-9-1-3-10(4-2-9)7-8(12)13/h6H,1-5,7H2,(H,12,13). The third kappa shape index (κ3) is 3.52. The van der Waals surface area contributed by atoms with Crippen molar-refractivity contribution in [1.29, 1.82) is 0 Å². The molecule has 0 unspecified atom stereocenters. The van der Waals surface area contributed by atoms with Crippen LogP contribution in [0, 0.1) is 0 Å². The Labute approximate surface area is 76.9 Å². The van der Waals surface area contributed by atoms with Gasteiger partial charge in [-0.05, 0) is 0 Å². The van der Waals surface area contributed by atoms with Crippen molar-refractivity contribution in [2.75, 3.05) is 39.3 Å². The number of hydrogen-bond donors (Lipinski definition) is 1. The first kappa shape index (κ1) is 10.1. The molecule has 1 aliphatic heterocycles. The number of aliphatic carboxylic acids is 1. The second kappa shape index (κ2) is 4.94. The fourth-order valence-corrected chi connectivity index (χ4v) is 1.43. The number of nitrogens with zero attached hydrogens (tertiary/aromatic N) is 2. The lowest BCUT2D eigenvalue weighted by molar-refractivity contribution is -0.138. The van der Waals surface area contributed by atoms with E-state index in [0.717, 1.165) is 32.5 Å². The SMILES string of the molecule is O=CCN1CCN(CC(=O)O)CC1. The van der Waals surface area contributed by atoms with Crippen LogP contribution in [0.1, 0.15) is 0 Å². The molecule has 74 valence electrons. The molecule has 0 aromatic heterocycles. The molecule has 0 aliphatic carbocycles. The first-order chi connectivity index (χ1) is 6.22. The second-order valence-electron chi connectivity index (χ2n) is 3.14. The number of rotatable bonds is 4. The molecule has 0 saturated carbocycles. The molecule has 0 spiro atoms. The van der Waals surface area contributed by atoms with Crippen molar-refractivity contribution in [2.45, 2.75) is 0 Å². The predicted molar refractivity (Wildman–Crippen MR) is 46.6 cm³/mol. The minimum absolute atomic E-state index is 0.106. The van der Waals surface area contributed by atoms with Gasteiger partial charge in [-0.25, -0.2) is 0 Å². The zero-order valence-electron chi connectivity index (χ0n) is 7.48. The summed E-state index contributed by atoms with van der Waals surface area (Å²) in [5.41, 5.74) is 0. The Hall–Kier alpha value is -0.940. The van der Waals surface area contributed by atoms with Gasteiger partial charge in [-0.15, -0.1) is 0 Å². The summed E-state index contributed by atoms with van der Waals surface area (Å²) >= 11 is 0. The van der Waals surface area contributed by atoms with Gasteiger partial charge in [0.25, 0.3) is 0 Å². The van der Waals surface area contributed by atoms with Crippen molar-refractivity contribution in [1.82, 2.24) is 9.80 Å². The predicted octanol–water partition coefficient (Wildman–Crippen LogP) is -1.11. The summed E-state index contributed by atoms with van der Waals surface area (Å²) in [6.45, 7) is 3.61. The molecule has 0 radical (unpaired) electrons. The smallest absolute Gasteiger partial charge is 0.317 e. The fraction of sp³-hybridized carbons (Fsp3) is 0.750. The van der Waals surface area contributed by atoms with Crippen LogP contribution in [0.3, 0.4) is 0 Å². The molecular weight excluding hydrogens is 172 g/mol. The molecule has 0 aromatic carbocycles. The zero-order chi connectivity index (χ0) is 9.68. The summed E-state index contributed by atoms with van der Waals surface area (Å²) in [6.07, 6.45) is 0.882. The Bertz CT molecular complexity index is 188. The lowest BCUT2D eigenvalue weighted by Crippen LogP contribution is -2.48. The van der Waals surface area contributed by atoms with Crippen LogP contribution in [0.5, 0.6) is 0 Å². The van der Waals surface area contributed by atoms with E-state index in [0.29, 0.717) is 6.54 Å². The van der Waals surface area contributed by atoms with Crippen LogP contribution in [-0.2, 0) is 9.59 Å². The summed E-state index contributed by atoms with van der Waals surface area (Å²) in [5.74, 6) is -0.788. The van der Waals surface area contributed by atoms with Crippen molar-refractivity contribution in [3.8, 4) is 0 Å².